The summed E-state index contributed by atoms with van der Waals surface area (Å²) in [6.07, 6.45) is 1.70. The molecule has 0 unspecified atom stereocenters. The quantitative estimate of drug-likeness (QED) is 0.291. The van der Waals surface area contributed by atoms with E-state index in [-0.39, 0.29) is 17.2 Å². The van der Waals surface area contributed by atoms with E-state index in [4.69, 9.17) is 19.2 Å². The van der Waals surface area contributed by atoms with Gasteiger partial charge in [0, 0.05) is 5.69 Å². The summed E-state index contributed by atoms with van der Waals surface area (Å²) in [5, 5.41) is 13.8. The van der Waals surface area contributed by atoms with Crippen molar-refractivity contribution in [3.05, 3.63) is 114 Å². The molecule has 0 radical (unpaired) electrons. The van der Waals surface area contributed by atoms with Gasteiger partial charge in [0.05, 0.1) is 41.5 Å². The molecule has 0 aliphatic carbocycles. The van der Waals surface area contributed by atoms with Crippen LogP contribution in [0.2, 0.25) is 0 Å². The van der Waals surface area contributed by atoms with Crippen LogP contribution in [0.5, 0.6) is 17.2 Å². The van der Waals surface area contributed by atoms with E-state index in [9.17, 15) is 19.5 Å². The van der Waals surface area contributed by atoms with E-state index in [0.717, 1.165) is 5.56 Å². The number of hydrogen-bond acceptors (Lipinski definition) is 9. The largest absolute Gasteiger partial charge is 0.546 e. The molecule has 0 saturated carbocycles. The van der Waals surface area contributed by atoms with E-state index in [0.29, 0.717) is 55.5 Å². The first-order chi connectivity index (χ1) is 21.2. The molecule has 4 aromatic rings. The second-order valence-electron chi connectivity index (χ2n) is 9.93. The number of carbonyl (C=O) groups is 2. The molecular weight excluding hydrogens is 582 g/mol. The Morgan fingerprint density at radius 1 is 1.02 bits per heavy atom. The van der Waals surface area contributed by atoms with Crippen molar-refractivity contribution in [2.75, 3.05) is 25.6 Å². The summed E-state index contributed by atoms with van der Waals surface area (Å²) >= 11 is 1.20. The number of carboxylic acid groups (broad SMARTS) is 1. The molecule has 1 atom stereocenters. The highest BCUT2D eigenvalue weighted by Crippen LogP contribution is 2.34. The van der Waals surface area contributed by atoms with Crippen LogP contribution in [0.25, 0.3) is 6.08 Å². The number of hydrogen-bond donors (Lipinski definition) is 1. The number of rotatable bonds is 10. The Hall–Kier alpha value is -5.16. The first-order valence-corrected chi connectivity index (χ1v) is 14.6. The lowest BCUT2D eigenvalue weighted by Gasteiger charge is -2.26. The Kier molecular flexibility index (Phi) is 8.96. The van der Waals surface area contributed by atoms with Gasteiger partial charge in [-0.2, -0.15) is 0 Å². The molecule has 1 aromatic heterocycles. The van der Waals surface area contributed by atoms with E-state index in [1.165, 1.54) is 15.9 Å². The lowest BCUT2D eigenvalue weighted by atomic mass is 9.94. The third-order valence-electron chi connectivity index (χ3n) is 6.96. The van der Waals surface area contributed by atoms with Gasteiger partial charge in [0.1, 0.15) is 12.4 Å². The first kappa shape index (κ1) is 30.3. The first-order valence-electron chi connectivity index (χ1n) is 13.8. The monoisotopic (exact) mass is 612 g/mol. The Bertz CT molecular complexity index is 1940. The number of carbonyl (C=O) groups excluding carboxylic acids is 2. The van der Waals surface area contributed by atoms with Crippen LogP contribution in [-0.4, -0.2) is 36.8 Å². The summed E-state index contributed by atoms with van der Waals surface area (Å²) in [5.74, 6) is -0.523. The molecule has 5 rings (SSSR count). The fourth-order valence-corrected chi connectivity index (χ4v) is 5.99. The number of carboxylic acids is 1. The predicted molar refractivity (Wildman–Crippen MR) is 165 cm³/mol. The topological polar surface area (TPSA) is 131 Å². The van der Waals surface area contributed by atoms with Crippen molar-refractivity contribution < 1.29 is 28.9 Å². The molecule has 1 aliphatic heterocycles. The number of aryl methyl sites for hydroxylation is 1. The second-order valence-corrected chi connectivity index (χ2v) is 10.9. The molecule has 10 nitrogen and oxygen atoms in total. The van der Waals surface area contributed by atoms with E-state index in [2.05, 4.69) is 5.32 Å². The van der Waals surface area contributed by atoms with Crippen LogP contribution in [0.4, 0.5) is 5.69 Å². The molecule has 2 heterocycles. The molecule has 1 aliphatic rings. The van der Waals surface area contributed by atoms with Crippen LogP contribution in [0, 0.1) is 6.92 Å². The third-order valence-corrected chi connectivity index (χ3v) is 7.94. The van der Waals surface area contributed by atoms with Gasteiger partial charge in [0.15, 0.2) is 16.3 Å². The van der Waals surface area contributed by atoms with Crippen LogP contribution in [0.1, 0.15) is 36.6 Å². The van der Waals surface area contributed by atoms with Crippen LogP contribution >= 0.6 is 11.3 Å². The molecule has 0 fully saturated rings. The van der Waals surface area contributed by atoms with Crippen LogP contribution in [-0.2, 0) is 9.59 Å². The number of ether oxygens (including phenoxy) is 3. The maximum Gasteiger partial charge on any atom is 0.271 e. The normalized spacial score (nSPS) is 14.5. The number of para-hydroxylation sites is 1. The SMILES string of the molecule is CCOc1cc(/C=c2\sc3n(c2=O)[C@@H](c2ccc(C)c(OC)c2)C(C(=O)Nc2ccccc2)=C(C)N=3)ccc1OCC(=O)[O-]. The number of nitrogens with one attached hydrogen (secondary N) is 1. The van der Waals surface area contributed by atoms with Crippen LogP contribution in [0.15, 0.2) is 87.8 Å². The summed E-state index contributed by atoms with van der Waals surface area (Å²) in [5.41, 5.74) is 3.36. The summed E-state index contributed by atoms with van der Waals surface area (Å²) < 4.78 is 18.4. The van der Waals surface area contributed by atoms with Gasteiger partial charge in [0.2, 0.25) is 0 Å². The standard InChI is InChI=1S/C33H31N3O7S/c1-5-42-26-15-21(12-14-24(26)43-18-28(37)38)16-27-32(40)36-30(22-13-11-19(2)25(17-22)41-4)29(20(3)34-33(36)44-27)31(39)35-23-9-7-6-8-10-23/h6-17,30H,5,18H2,1-4H3,(H,35,39)(H,37,38)/p-1/b27-16-/t30-/m0/s1. The fraction of sp³-hybridized carbons (Fsp3) is 0.212. The van der Waals surface area contributed by atoms with Gasteiger partial charge in [-0.3, -0.25) is 14.2 Å². The summed E-state index contributed by atoms with van der Waals surface area (Å²) in [7, 11) is 1.58. The molecule has 1 N–H and O–H groups in total. The Balaban J connectivity index is 1.64. The number of anilines is 1. The van der Waals surface area contributed by atoms with Crippen LogP contribution in [0.3, 0.4) is 0 Å². The van der Waals surface area contributed by atoms with Crippen molar-refractivity contribution >= 4 is 35.0 Å². The molecule has 0 saturated heterocycles. The zero-order valence-electron chi connectivity index (χ0n) is 24.6. The highest BCUT2D eigenvalue weighted by molar-refractivity contribution is 7.07. The van der Waals surface area contributed by atoms with Gasteiger partial charge in [-0.1, -0.05) is 47.7 Å². The molecular formula is C33H30N3O7S-. The van der Waals surface area contributed by atoms with Crippen molar-refractivity contribution in [1.29, 1.82) is 0 Å². The highest BCUT2D eigenvalue weighted by atomic mass is 32.1. The van der Waals surface area contributed by atoms with Gasteiger partial charge >= 0.3 is 0 Å². The predicted octanol–water partition coefficient (Wildman–Crippen LogP) is 2.72. The maximum atomic E-state index is 14.1. The number of nitrogens with zero attached hydrogens (tertiary/aromatic N) is 2. The number of thiazole rings is 1. The molecule has 44 heavy (non-hydrogen) atoms. The van der Waals surface area contributed by atoms with Gasteiger partial charge in [-0.25, -0.2) is 4.99 Å². The average molecular weight is 613 g/mol. The fourth-order valence-electron chi connectivity index (χ4n) is 4.94. The lowest BCUT2D eigenvalue weighted by molar-refractivity contribution is -0.307. The minimum absolute atomic E-state index is 0.243. The Morgan fingerprint density at radius 3 is 2.50 bits per heavy atom. The molecule has 11 heteroatoms. The average Bonchev–Trinajstić information content (AvgIpc) is 3.30. The van der Waals surface area contributed by atoms with Crippen molar-refractivity contribution in [3.8, 4) is 17.2 Å². The number of allylic oxidation sites excluding steroid dienone is 1. The van der Waals surface area contributed by atoms with Gasteiger partial charge in [-0.15, -0.1) is 0 Å². The molecule has 0 spiro atoms. The minimum Gasteiger partial charge on any atom is -0.546 e. The van der Waals surface area contributed by atoms with Crippen molar-refractivity contribution in [2.24, 2.45) is 4.99 Å². The van der Waals surface area contributed by atoms with Gasteiger partial charge < -0.3 is 29.4 Å². The highest BCUT2D eigenvalue weighted by Gasteiger charge is 2.33. The van der Waals surface area contributed by atoms with E-state index in [1.807, 2.05) is 43.3 Å². The van der Waals surface area contributed by atoms with Gasteiger partial charge in [-0.05, 0) is 73.9 Å². The number of methoxy groups -OCH3 is 1. The smallest absolute Gasteiger partial charge is 0.271 e. The van der Waals surface area contributed by atoms with E-state index >= 15 is 0 Å². The number of aliphatic carboxylic acids is 1. The van der Waals surface area contributed by atoms with E-state index < -0.39 is 18.6 Å². The second kappa shape index (κ2) is 13.0. The number of benzene rings is 3. The number of fused-ring (bicyclic) bond motifs is 1. The van der Waals surface area contributed by atoms with Crippen LogP contribution < -0.4 is 39.5 Å². The summed E-state index contributed by atoms with van der Waals surface area (Å²) in [6.45, 7) is 5.17. The van der Waals surface area contributed by atoms with Crippen molar-refractivity contribution in [2.45, 2.75) is 26.8 Å². The molecule has 0 bridgehead atoms. The third kappa shape index (κ3) is 6.28. The zero-order valence-corrected chi connectivity index (χ0v) is 25.4. The minimum atomic E-state index is -1.36. The lowest BCUT2D eigenvalue weighted by Crippen LogP contribution is -2.40. The zero-order chi connectivity index (χ0) is 31.4. The summed E-state index contributed by atoms with van der Waals surface area (Å²) in [4.78, 5) is 43.9. The summed E-state index contributed by atoms with van der Waals surface area (Å²) in [6, 6.07) is 18.9. The van der Waals surface area contributed by atoms with Gasteiger partial charge in [0.25, 0.3) is 11.5 Å². The Labute approximate surface area is 257 Å². The molecule has 226 valence electrons. The Morgan fingerprint density at radius 2 is 1.80 bits per heavy atom. The van der Waals surface area contributed by atoms with Crippen molar-refractivity contribution in [3.63, 3.8) is 0 Å². The van der Waals surface area contributed by atoms with E-state index in [1.54, 1.807) is 57.4 Å². The molecule has 3 aromatic carbocycles. The maximum absolute atomic E-state index is 14.1. The number of aromatic nitrogens is 1. The van der Waals surface area contributed by atoms with Crippen molar-refractivity contribution in [1.82, 2.24) is 4.57 Å². The number of amides is 1. The molecule has 1 amide bonds.